The van der Waals surface area contributed by atoms with Crippen LogP contribution in [0.3, 0.4) is 0 Å². The summed E-state index contributed by atoms with van der Waals surface area (Å²) in [5.74, 6) is 0.200. The Morgan fingerprint density at radius 1 is 0.897 bits per heavy atom. The van der Waals surface area contributed by atoms with Gasteiger partial charge in [-0.05, 0) is 61.7 Å². The third kappa shape index (κ3) is 6.64. The fourth-order valence-corrected chi connectivity index (χ4v) is 5.51. The minimum Gasteiger partial charge on any atom is -0.384 e. The molecule has 3 amide bonds. The molecule has 2 aliphatic heterocycles. The van der Waals surface area contributed by atoms with Gasteiger partial charge in [0.15, 0.2) is 0 Å². The number of hydrogen-bond acceptors (Lipinski definition) is 4. The number of benzene rings is 3. The van der Waals surface area contributed by atoms with E-state index in [-0.39, 0.29) is 23.8 Å². The molecule has 5 rings (SSSR count). The van der Waals surface area contributed by atoms with E-state index in [2.05, 4.69) is 34.5 Å². The van der Waals surface area contributed by atoms with Gasteiger partial charge in [0.05, 0.1) is 6.04 Å². The Hall–Kier alpha value is -4.17. The lowest BCUT2D eigenvalue weighted by molar-refractivity contribution is 0.0911. The number of nitrogen functional groups attached to an aromatic ring is 1. The van der Waals surface area contributed by atoms with Gasteiger partial charge in [-0.25, -0.2) is 4.79 Å². The van der Waals surface area contributed by atoms with E-state index in [1.54, 1.807) is 35.2 Å². The van der Waals surface area contributed by atoms with Crippen LogP contribution in [0, 0.1) is 11.3 Å². The van der Waals surface area contributed by atoms with Crippen LogP contribution >= 0.6 is 0 Å². The lowest BCUT2D eigenvalue weighted by Crippen LogP contribution is -2.61. The number of carbonyl (C=O) groups is 2. The summed E-state index contributed by atoms with van der Waals surface area (Å²) in [6.45, 7) is 4.41. The Balaban J connectivity index is 1.28. The highest BCUT2D eigenvalue weighted by Gasteiger charge is 2.35. The lowest BCUT2D eigenvalue weighted by Gasteiger charge is -2.42. The van der Waals surface area contributed by atoms with Crippen molar-refractivity contribution in [1.82, 2.24) is 15.1 Å². The van der Waals surface area contributed by atoms with E-state index in [9.17, 15) is 9.59 Å². The fraction of sp³-hybridized carbons (Fsp3) is 0.323. The predicted octanol–water partition coefficient (Wildman–Crippen LogP) is 3.92. The van der Waals surface area contributed by atoms with Crippen molar-refractivity contribution in [3.05, 3.63) is 102 Å². The molecule has 2 aliphatic rings. The van der Waals surface area contributed by atoms with Gasteiger partial charge in [0.2, 0.25) is 0 Å². The maximum absolute atomic E-state index is 13.7. The number of amides is 3. The minimum atomic E-state index is -0.241. The molecule has 4 N–H and O–H groups in total. The Morgan fingerprint density at radius 3 is 2.26 bits per heavy atom. The number of amidine groups is 1. The van der Waals surface area contributed by atoms with E-state index in [1.807, 2.05) is 35.2 Å². The molecule has 0 aliphatic carbocycles. The highest BCUT2D eigenvalue weighted by atomic mass is 16.2. The van der Waals surface area contributed by atoms with Crippen molar-refractivity contribution in [2.24, 2.45) is 11.7 Å². The van der Waals surface area contributed by atoms with Crippen molar-refractivity contribution in [3.63, 3.8) is 0 Å². The third-order valence-corrected chi connectivity index (χ3v) is 7.62. The molecule has 0 bridgehead atoms. The van der Waals surface area contributed by atoms with E-state index < -0.39 is 0 Å². The normalized spacial score (nSPS) is 18.7. The van der Waals surface area contributed by atoms with Gasteiger partial charge in [0, 0.05) is 43.0 Å². The van der Waals surface area contributed by atoms with Gasteiger partial charge in [-0.1, -0.05) is 60.7 Å². The second kappa shape index (κ2) is 12.1. The van der Waals surface area contributed by atoms with Crippen LogP contribution in [-0.2, 0) is 6.54 Å². The van der Waals surface area contributed by atoms with Gasteiger partial charge in [0.25, 0.3) is 5.91 Å². The average Bonchev–Trinajstić information content (AvgIpc) is 2.96. The summed E-state index contributed by atoms with van der Waals surface area (Å²) < 4.78 is 0. The van der Waals surface area contributed by atoms with Gasteiger partial charge in [0.1, 0.15) is 5.84 Å². The molecule has 3 aromatic carbocycles. The van der Waals surface area contributed by atoms with Crippen LogP contribution in [0.15, 0.2) is 84.9 Å². The monoisotopic (exact) mass is 524 g/mol. The van der Waals surface area contributed by atoms with E-state index >= 15 is 0 Å². The number of rotatable bonds is 8. The highest BCUT2D eigenvalue weighted by molar-refractivity contribution is 5.99. The largest absolute Gasteiger partial charge is 0.384 e. The number of nitrogens with two attached hydrogens (primary N) is 1. The van der Waals surface area contributed by atoms with E-state index in [0.29, 0.717) is 42.4 Å². The van der Waals surface area contributed by atoms with Crippen molar-refractivity contribution in [2.45, 2.75) is 25.4 Å². The van der Waals surface area contributed by atoms with Gasteiger partial charge < -0.3 is 16.0 Å². The Labute approximate surface area is 229 Å². The maximum atomic E-state index is 13.7. The average molecular weight is 525 g/mol. The Morgan fingerprint density at radius 2 is 1.56 bits per heavy atom. The Kier molecular flexibility index (Phi) is 8.22. The van der Waals surface area contributed by atoms with Crippen LogP contribution in [0.2, 0.25) is 0 Å². The molecular weight excluding hydrogens is 488 g/mol. The molecule has 202 valence electrons. The second-order valence-electron chi connectivity index (χ2n) is 10.5. The molecule has 8 heteroatoms. The molecule has 2 fully saturated rings. The molecule has 8 nitrogen and oxygen atoms in total. The van der Waals surface area contributed by atoms with Crippen LogP contribution in [0.25, 0.3) is 0 Å². The van der Waals surface area contributed by atoms with E-state index in [0.717, 1.165) is 32.5 Å². The molecule has 39 heavy (non-hydrogen) atoms. The van der Waals surface area contributed by atoms with Crippen LogP contribution in [0.5, 0.6) is 0 Å². The number of nitrogens with zero attached hydrogens (tertiary/aromatic N) is 3. The first-order valence-electron chi connectivity index (χ1n) is 13.6. The van der Waals surface area contributed by atoms with Crippen LogP contribution < -0.4 is 16.0 Å². The van der Waals surface area contributed by atoms with Crippen molar-refractivity contribution in [1.29, 1.82) is 5.41 Å². The fourth-order valence-electron chi connectivity index (χ4n) is 5.51. The molecule has 1 unspecified atom stereocenters. The lowest BCUT2D eigenvalue weighted by atomic mass is 9.95. The van der Waals surface area contributed by atoms with Crippen LogP contribution in [-0.4, -0.2) is 66.3 Å². The number of urea groups is 1. The smallest absolute Gasteiger partial charge is 0.324 e. The first-order valence-corrected chi connectivity index (χ1v) is 13.6. The molecule has 1 atom stereocenters. The van der Waals surface area contributed by atoms with Crippen molar-refractivity contribution in [3.8, 4) is 0 Å². The van der Waals surface area contributed by atoms with E-state index in [4.69, 9.17) is 11.1 Å². The Bertz CT molecular complexity index is 1290. The number of piperidine rings is 1. The number of nitrogens with one attached hydrogen (secondary N) is 2. The second-order valence-corrected chi connectivity index (χ2v) is 10.5. The number of hydrogen-bond donors (Lipinski definition) is 3. The SMILES string of the molecule is N=C(N)c1cccc(N2CC(NC(=O)c3ccccc3)CN(CC3CCN(Cc4ccccc4)CC3)C2=O)c1. The summed E-state index contributed by atoms with van der Waals surface area (Å²) >= 11 is 0. The van der Waals surface area contributed by atoms with Gasteiger partial charge in [-0.15, -0.1) is 0 Å². The quantitative estimate of drug-likeness (QED) is 0.307. The van der Waals surface area contributed by atoms with Crippen LogP contribution in [0.1, 0.15) is 34.3 Å². The zero-order valence-corrected chi connectivity index (χ0v) is 22.1. The molecule has 2 saturated heterocycles. The summed E-state index contributed by atoms with van der Waals surface area (Å²) in [6, 6.07) is 26.5. The predicted molar refractivity (Wildman–Crippen MR) is 154 cm³/mol. The number of likely N-dealkylation sites (tertiary alicyclic amines) is 1. The summed E-state index contributed by atoms with van der Waals surface area (Å²) in [5, 5.41) is 11.0. The summed E-state index contributed by atoms with van der Waals surface area (Å²) in [4.78, 5) is 32.8. The summed E-state index contributed by atoms with van der Waals surface area (Å²) in [5.41, 5.74) is 8.88. The topological polar surface area (TPSA) is 106 Å². The van der Waals surface area contributed by atoms with Gasteiger partial charge in [-0.3, -0.25) is 20.0 Å². The molecule has 0 aromatic heterocycles. The standard InChI is InChI=1S/C31H36N6O2/c32-29(33)26-12-7-13-28(18-26)37-22-27(34-30(38)25-10-5-2-6-11-25)21-36(31(37)39)20-24-14-16-35(17-15-24)19-23-8-3-1-4-9-23/h1-13,18,24,27H,14-17,19-22H2,(H3,32,33)(H,34,38). The maximum Gasteiger partial charge on any atom is 0.324 e. The summed E-state index contributed by atoms with van der Waals surface area (Å²) in [6.07, 6.45) is 2.05. The highest BCUT2D eigenvalue weighted by Crippen LogP contribution is 2.25. The summed E-state index contributed by atoms with van der Waals surface area (Å²) in [7, 11) is 0. The van der Waals surface area contributed by atoms with Crippen LogP contribution in [0.4, 0.5) is 10.5 Å². The first-order chi connectivity index (χ1) is 19.0. The molecule has 0 saturated carbocycles. The molecular formula is C31H36N6O2. The first kappa shape index (κ1) is 26.4. The van der Waals surface area contributed by atoms with Crippen molar-refractivity contribution >= 4 is 23.5 Å². The molecule has 0 spiro atoms. The third-order valence-electron chi connectivity index (χ3n) is 7.62. The van der Waals surface area contributed by atoms with Gasteiger partial charge in [-0.2, -0.15) is 0 Å². The van der Waals surface area contributed by atoms with Crippen molar-refractivity contribution < 1.29 is 9.59 Å². The zero-order valence-electron chi connectivity index (χ0n) is 22.1. The van der Waals surface area contributed by atoms with E-state index in [1.165, 1.54) is 5.56 Å². The molecule has 2 heterocycles. The zero-order chi connectivity index (χ0) is 27.2. The molecule has 3 aromatic rings. The number of anilines is 1. The van der Waals surface area contributed by atoms with Gasteiger partial charge >= 0.3 is 6.03 Å². The minimum absolute atomic E-state index is 0.0469. The molecule has 0 radical (unpaired) electrons. The van der Waals surface area contributed by atoms with Crippen molar-refractivity contribution in [2.75, 3.05) is 37.6 Å². The number of carbonyl (C=O) groups excluding carboxylic acids is 2.